The highest BCUT2D eigenvalue weighted by molar-refractivity contribution is 5.74. The van der Waals surface area contributed by atoms with Crippen LogP contribution in [0.4, 0.5) is 4.79 Å². The van der Waals surface area contributed by atoms with Crippen LogP contribution in [0.3, 0.4) is 0 Å². The lowest BCUT2D eigenvalue weighted by Gasteiger charge is -2.28. The van der Waals surface area contributed by atoms with Crippen molar-refractivity contribution in [1.29, 1.82) is 0 Å². The number of rotatable bonds is 4. The number of hydrogen-bond acceptors (Lipinski definition) is 2. The van der Waals surface area contributed by atoms with Crippen molar-refractivity contribution in [2.24, 2.45) is 5.92 Å². The summed E-state index contributed by atoms with van der Waals surface area (Å²) in [6, 6.07) is 0.498. The summed E-state index contributed by atoms with van der Waals surface area (Å²) in [7, 11) is 1.89. The first-order valence-electron chi connectivity index (χ1n) is 6.74. The van der Waals surface area contributed by atoms with Gasteiger partial charge in [-0.15, -0.1) is 0 Å². The Hall–Kier alpha value is -0.770. The first kappa shape index (κ1) is 12.7. The van der Waals surface area contributed by atoms with Gasteiger partial charge in [0.25, 0.3) is 0 Å². The van der Waals surface area contributed by atoms with E-state index < -0.39 is 0 Å². The molecule has 1 N–H and O–H groups in total. The summed E-state index contributed by atoms with van der Waals surface area (Å²) in [6.45, 7) is 5.00. The van der Waals surface area contributed by atoms with E-state index in [1.807, 2.05) is 18.9 Å². The molecule has 1 aliphatic carbocycles. The first-order chi connectivity index (χ1) is 8.09. The normalized spacial score (nSPS) is 27.6. The molecule has 3 unspecified atom stereocenters. The summed E-state index contributed by atoms with van der Waals surface area (Å²) < 4.78 is 5.58. The predicted molar refractivity (Wildman–Crippen MR) is 66.9 cm³/mol. The molecule has 2 amide bonds. The van der Waals surface area contributed by atoms with E-state index in [1.54, 1.807) is 0 Å². The van der Waals surface area contributed by atoms with Crippen molar-refractivity contribution in [2.45, 2.75) is 57.7 Å². The smallest absolute Gasteiger partial charge is 0.317 e. The topological polar surface area (TPSA) is 41.6 Å². The minimum atomic E-state index is 0.0346. The molecule has 1 saturated heterocycles. The van der Waals surface area contributed by atoms with Gasteiger partial charge in [-0.25, -0.2) is 4.79 Å². The van der Waals surface area contributed by atoms with Crippen LogP contribution in [-0.4, -0.2) is 42.8 Å². The highest BCUT2D eigenvalue weighted by atomic mass is 16.5. The van der Waals surface area contributed by atoms with Crippen molar-refractivity contribution in [3.63, 3.8) is 0 Å². The number of ether oxygens (including phenoxy) is 1. The van der Waals surface area contributed by atoms with Gasteiger partial charge in [-0.3, -0.25) is 0 Å². The van der Waals surface area contributed by atoms with Gasteiger partial charge in [0.05, 0.1) is 12.1 Å². The Labute approximate surface area is 104 Å². The van der Waals surface area contributed by atoms with Crippen molar-refractivity contribution in [2.75, 3.05) is 13.7 Å². The summed E-state index contributed by atoms with van der Waals surface area (Å²) in [5.41, 5.74) is 0. The number of urea groups is 1. The van der Waals surface area contributed by atoms with Crippen LogP contribution in [0.15, 0.2) is 0 Å². The Morgan fingerprint density at radius 1 is 1.35 bits per heavy atom. The van der Waals surface area contributed by atoms with Gasteiger partial charge in [0.1, 0.15) is 0 Å². The second kappa shape index (κ2) is 5.25. The maximum Gasteiger partial charge on any atom is 0.317 e. The highest BCUT2D eigenvalue weighted by Gasteiger charge is 2.33. The summed E-state index contributed by atoms with van der Waals surface area (Å²) >= 11 is 0. The van der Waals surface area contributed by atoms with Crippen LogP contribution in [0.1, 0.15) is 39.5 Å². The summed E-state index contributed by atoms with van der Waals surface area (Å²) in [6.07, 6.45) is 4.89. The molecule has 1 saturated carbocycles. The summed E-state index contributed by atoms with van der Waals surface area (Å²) in [5, 5.41) is 3.05. The third-order valence-electron chi connectivity index (χ3n) is 4.11. The van der Waals surface area contributed by atoms with Crippen LogP contribution in [0.5, 0.6) is 0 Å². The fraction of sp³-hybridized carbons (Fsp3) is 0.923. The summed E-state index contributed by atoms with van der Waals surface area (Å²) in [4.78, 5) is 13.9. The van der Waals surface area contributed by atoms with Crippen LogP contribution < -0.4 is 5.32 Å². The van der Waals surface area contributed by atoms with E-state index in [4.69, 9.17) is 4.74 Å². The Balaban J connectivity index is 1.78. The van der Waals surface area contributed by atoms with Crippen LogP contribution in [0, 0.1) is 5.92 Å². The molecule has 1 heterocycles. The molecule has 0 bridgehead atoms. The Morgan fingerprint density at radius 2 is 2.06 bits per heavy atom. The Kier molecular flexibility index (Phi) is 3.92. The van der Waals surface area contributed by atoms with E-state index in [1.165, 1.54) is 12.8 Å². The Morgan fingerprint density at radius 3 is 2.59 bits per heavy atom. The molecule has 0 aromatic heterocycles. The second-order valence-electron chi connectivity index (χ2n) is 5.48. The van der Waals surface area contributed by atoms with E-state index in [0.29, 0.717) is 12.0 Å². The molecule has 17 heavy (non-hydrogen) atoms. The van der Waals surface area contributed by atoms with Gasteiger partial charge < -0.3 is 15.0 Å². The molecule has 3 atom stereocenters. The van der Waals surface area contributed by atoms with Gasteiger partial charge in [-0.1, -0.05) is 0 Å². The lowest BCUT2D eigenvalue weighted by molar-refractivity contribution is 0.0827. The predicted octanol–water partition coefficient (Wildman–Crippen LogP) is 1.99. The van der Waals surface area contributed by atoms with Gasteiger partial charge in [-0.05, 0) is 45.4 Å². The molecule has 0 aromatic carbocycles. The van der Waals surface area contributed by atoms with Gasteiger partial charge in [0, 0.05) is 19.7 Å². The SMILES string of the molecule is CC(NC(=O)N(C)C(C)C1CC1)C1CCCO1. The number of carbonyl (C=O) groups excluding carboxylic acids is 1. The Bertz CT molecular complexity index is 273. The van der Waals surface area contributed by atoms with Gasteiger partial charge >= 0.3 is 6.03 Å². The van der Waals surface area contributed by atoms with E-state index in [0.717, 1.165) is 19.4 Å². The van der Waals surface area contributed by atoms with Crippen molar-refractivity contribution in [1.82, 2.24) is 10.2 Å². The number of hydrogen-bond donors (Lipinski definition) is 1. The lowest BCUT2D eigenvalue weighted by atomic mass is 10.1. The molecule has 2 fully saturated rings. The largest absolute Gasteiger partial charge is 0.376 e. The molecule has 0 aromatic rings. The van der Waals surface area contributed by atoms with E-state index in [-0.39, 0.29) is 18.2 Å². The molecular formula is C13H24N2O2. The van der Waals surface area contributed by atoms with E-state index in [2.05, 4.69) is 12.2 Å². The lowest BCUT2D eigenvalue weighted by Crippen LogP contribution is -2.49. The quantitative estimate of drug-likeness (QED) is 0.816. The van der Waals surface area contributed by atoms with Crippen molar-refractivity contribution in [3.05, 3.63) is 0 Å². The molecule has 0 spiro atoms. The standard InChI is InChI=1S/C13H24N2O2/c1-9(12-5-4-8-17-12)14-13(16)15(3)10(2)11-6-7-11/h9-12H,4-8H2,1-3H3,(H,14,16). The summed E-state index contributed by atoms with van der Waals surface area (Å²) in [5.74, 6) is 0.712. The maximum absolute atomic E-state index is 12.0. The fourth-order valence-corrected chi connectivity index (χ4v) is 2.47. The van der Waals surface area contributed by atoms with E-state index in [9.17, 15) is 4.79 Å². The molecule has 2 aliphatic rings. The van der Waals surface area contributed by atoms with Crippen molar-refractivity contribution < 1.29 is 9.53 Å². The first-order valence-corrected chi connectivity index (χ1v) is 6.74. The third kappa shape index (κ3) is 3.12. The molecule has 4 heteroatoms. The molecule has 2 rings (SSSR count). The van der Waals surface area contributed by atoms with Crippen molar-refractivity contribution >= 4 is 6.03 Å². The van der Waals surface area contributed by atoms with Gasteiger partial charge in [0.2, 0.25) is 0 Å². The van der Waals surface area contributed by atoms with Crippen LogP contribution in [-0.2, 0) is 4.74 Å². The number of nitrogens with one attached hydrogen (secondary N) is 1. The van der Waals surface area contributed by atoms with Gasteiger partial charge in [0.15, 0.2) is 0 Å². The molecule has 4 nitrogen and oxygen atoms in total. The molecule has 98 valence electrons. The number of nitrogens with zero attached hydrogens (tertiary/aromatic N) is 1. The van der Waals surface area contributed by atoms with Gasteiger partial charge in [-0.2, -0.15) is 0 Å². The second-order valence-corrected chi connectivity index (χ2v) is 5.48. The minimum absolute atomic E-state index is 0.0346. The van der Waals surface area contributed by atoms with E-state index >= 15 is 0 Å². The van der Waals surface area contributed by atoms with Crippen molar-refractivity contribution in [3.8, 4) is 0 Å². The number of carbonyl (C=O) groups is 1. The fourth-order valence-electron chi connectivity index (χ4n) is 2.47. The average Bonchev–Trinajstić information content (AvgIpc) is 3.01. The molecular weight excluding hydrogens is 216 g/mol. The minimum Gasteiger partial charge on any atom is -0.376 e. The van der Waals surface area contributed by atoms with Crippen LogP contribution >= 0.6 is 0 Å². The zero-order valence-electron chi connectivity index (χ0n) is 11.1. The highest BCUT2D eigenvalue weighted by Crippen LogP contribution is 2.34. The average molecular weight is 240 g/mol. The zero-order chi connectivity index (χ0) is 12.4. The maximum atomic E-state index is 12.0. The monoisotopic (exact) mass is 240 g/mol. The van der Waals surface area contributed by atoms with Crippen LogP contribution in [0.2, 0.25) is 0 Å². The third-order valence-corrected chi connectivity index (χ3v) is 4.11. The number of amides is 2. The molecule has 0 radical (unpaired) electrons. The van der Waals surface area contributed by atoms with Crippen LogP contribution in [0.25, 0.3) is 0 Å². The molecule has 1 aliphatic heterocycles. The zero-order valence-corrected chi connectivity index (χ0v) is 11.1.